The van der Waals surface area contributed by atoms with Crippen LogP contribution >= 0.6 is 0 Å². The number of pyridine rings is 1. The van der Waals surface area contributed by atoms with Crippen LogP contribution in [0, 0.1) is 6.92 Å². The summed E-state index contributed by atoms with van der Waals surface area (Å²) in [5, 5.41) is 0. The Labute approximate surface area is 132 Å². The molecule has 1 aliphatic rings. The highest BCUT2D eigenvalue weighted by Gasteiger charge is 2.30. The first-order valence-corrected chi connectivity index (χ1v) is 7.90. The maximum absolute atomic E-state index is 12.3. The Morgan fingerprint density at radius 3 is 2.86 bits per heavy atom. The third kappa shape index (κ3) is 4.90. The number of hydrogen-bond donors (Lipinski definition) is 0. The van der Waals surface area contributed by atoms with Crippen LogP contribution in [0.1, 0.15) is 45.6 Å². The Balaban J connectivity index is 1.96. The summed E-state index contributed by atoms with van der Waals surface area (Å²) in [5.41, 5.74) is 0.635. The van der Waals surface area contributed by atoms with Gasteiger partial charge in [0.05, 0.1) is 6.04 Å². The van der Waals surface area contributed by atoms with Crippen molar-refractivity contribution in [1.29, 1.82) is 0 Å². The molecular weight excluding hydrogens is 280 g/mol. The quantitative estimate of drug-likeness (QED) is 0.857. The zero-order chi connectivity index (χ0) is 16.2. The van der Waals surface area contributed by atoms with E-state index in [0.717, 1.165) is 31.4 Å². The van der Waals surface area contributed by atoms with Crippen LogP contribution in [0.15, 0.2) is 18.3 Å². The van der Waals surface area contributed by atoms with Gasteiger partial charge in [-0.25, -0.2) is 9.78 Å². The summed E-state index contributed by atoms with van der Waals surface area (Å²) in [4.78, 5) is 18.3. The molecule has 0 saturated carbocycles. The summed E-state index contributed by atoms with van der Waals surface area (Å²) >= 11 is 0. The van der Waals surface area contributed by atoms with Crippen molar-refractivity contribution in [3.05, 3.63) is 23.9 Å². The third-order valence-electron chi connectivity index (χ3n) is 3.57. The number of aryl methyl sites for hydroxylation is 1. The first-order chi connectivity index (χ1) is 10.3. The predicted octanol–water partition coefficient (Wildman–Crippen LogP) is 3.56. The molecule has 1 aliphatic heterocycles. The molecule has 5 nitrogen and oxygen atoms in total. The van der Waals surface area contributed by atoms with Crippen LogP contribution in [0.4, 0.5) is 4.79 Å². The van der Waals surface area contributed by atoms with E-state index in [0.29, 0.717) is 12.5 Å². The van der Waals surface area contributed by atoms with Gasteiger partial charge in [0.1, 0.15) is 12.2 Å². The van der Waals surface area contributed by atoms with Crippen molar-refractivity contribution in [3.8, 4) is 5.88 Å². The van der Waals surface area contributed by atoms with Gasteiger partial charge in [-0.15, -0.1) is 0 Å². The Hall–Kier alpha value is -1.78. The SMILES string of the molecule is Cc1ccnc(OCC2CCCCN2C(=O)OC(C)(C)C)c1. The molecule has 1 fully saturated rings. The summed E-state index contributed by atoms with van der Waals surface area (Å²) in [6.07, 6.45) is 4.54. The molecule has 1 amide bonds. The predicted molar refractivity (Wildman–Crippen MR) is 85.0 cm³/mol. The molecule has 0 bridgehead atoms. The van der Waals surface area contributed by atoms with Crippen molar-refractivity contribution in [1.82, 2.24) is 9.88 Å². The van der Waals surface area contributed by atoms with Crippen LogP contribution in [0.5, 0.6) is 5.88 Å². The summed E-state index contributed by atoms with van der Waals surface area (Å²) in [6, 6.07) is 3.88. The average molecular weight is 306 g/mol. The second-order valence-electron chi connectivity index (χ2n) is 6.81. The van der Waals surface area contributed by atoms with Gasteiger partial charge < -0.3 is 14.4 Å². The monoisotopic (exact) mass is 306 g/mol. The highest BCUT2D eigenvalue weighted by atomic mass is 16.6. The van der Waals surface area contributed by atoms with Gasteiger partial charge >= 0.3 is 6.09 Å². The maximum atomic E-state index is 12.3. The van der Waals surface area contributed by atoms with Crippen molar-refractivity contribution in [2.24, 2.45) is 0 Å². The van der Waals surface area contributed by atoms with Crippen LogP contribution in [-0.4, -0.2) is 40.8 Å². The van der Waals surface area contributed by atoms with Gasteiger partial charge in [0.25, 0.3) is 0 Å². The summed E-state index contributed by atoms with van der Waals surface area (Å²) in [6.45, 7) is 8.84. The zero-order valence-corrected chi connectivity index (χ0v) is 14.0. The number of aromatic nitrogens is 1. The molecule has 1 saturated heterocycles. The van der Waals surface area contributed by atoms with Crippen LogP contribution < -0.4 is 4.74 Å². The Morgan fingerprint density at radius 1 is 1.41 bits per heavy atom. The lowest BCUT2D eigenvalue weighted by Gasteiger charge is -2.36. The average Bonchev–Trinajstić information content (AvgIpc) is 2.44. The fraction of sp³-hybridized carbons (Fsp3) is 0.647. The number of amides is 1. The summed E-state index contributed by atoms with van der Waals surface area (Å²) < 4.78 is 11.3. The molecule has 1 aromatic heterocycles. The molecule has 22 heavy (non-hydrogen) atoms. The van der Waals surface area contributed by atoms with Crippen LogP contribution in [-0.2, 0) is 4.74 Å². The number of ether oxygens (including phenoxy) is 2. The lowest BCUT2D eigenvalue weighted by atomic mass is 10.0. The lowest BCUT2D eigenvalue weighted by molar-refractivity contribution is 0.00334. The van der Waals surface area contributed by atoms with Crippen molar-refractivity contribution >= 4 is 6.09 Å². The normalized spacial score (nSPS) is 18.9. The second kappa shape index (κ2) is 6.99. The standard InChI is InChI=1S/C17H26N2O3/c1-13-8-9-18-15(11-13)21-12-14-7-5-6-10-19(14)16(20)22-17(2,3)4/h8-9,11,14H,5-7,10,12H2,1-4H3. The smallest absolute Gasteiger partial charge is 0.410 e. The molecule has 2 rings (SSSR count). The van der Waals surface area contributed by atoms with Crippen molar-refractivity contribution in [2.75, 3.05) is 13.2 Å². The molecule has 1 aromatic rings. The third-order valence-corrected chi connectivity index (χ3v) is 3.57. The maximum Gasteiger partial charge on any atom is 0.410 e. The first kappa shape index (κ1) is 16.6. The van der Waals surface area contributed by atoms with Gasteiger partial charge in [0.2, 0.25) is 5.88 Å². The molecular formula is C17H26N2O3. The largest absolute Gasteiger partial charge is 0.475 e. The molecule has 1 atom stereocenters. The number of rotatable bonds is 3. The van der Waals surface area contributed by atoms with E-state index in [-0.39, 0.29) is 12.1 Å². The minimum atomic E-state index is -0.474. The topological polar surface area (TPSA) is 51.7 Å². The Morgan fingerprint density at radius 2 is 2.18 bits per heavy atom. The molecule has 0 N–H and O–H groups in total. The lowest BCUT2D eigenvalue weighted by Crippen LogP contribution is -2.48. The van der Waals surface area contributed by atoms with Gasteiger partial charge in [-0.2, -0.15) is 0 Å². The molecule has 0 spiro atoms. The van der Waals surface area contributed by atoms with E-state index < -0.39 is 5.60 Å². The number of piperidine rings is 1. The molecule has 0 aromatic carbocycles. The van der Waals surface area contributed by atoms with Crippen molar-refractivity contribution in [3.63, 3.8) is 0 Å². The zero-order valence-electron chi connectivity index (χ0n) is 14.0. The number of carbonyl (C=O) groups is 1. The number of hydrogen-bond acceptors (Lipinski definition) is 4. The molecule has 2 heterocycles. The van der Waals surface area contributed by atoms with E-state index in [9.17, 15) is 4.79 Å². The van der Waals surface area contributed by atoms with E-state index in [4.69, 9.17) is 9.47 Å². The van der Waals surface area contributed by atoms with Gasteiger partial charge in [-0.3, -0.25) is 0 Å². The summed E-state index contributed by atoms with van der Waals surface area (Å²) in [7, 11) is 0. The molecule has 5 heteroatoms. The van der Waals surface area contributed by atoms with Crippen LogP contribution in [0.3, 0.4) is 0 Å². The fourth-order valence-electron chi connectivity index (χ4n) is 2.50. The number of nitrogens with zero attached hydrogens (tertiary/aromatic N) is 2. The van der Waals surface area contributed by atoms with E-state index in [1.807, 2.05) is 39.8 Å². The molecule has 122 valence electrons. The van der Waals surface area contributed by atoms with E-state index in [2.05, 4.69) is 4.98 Å². The molecule has 0 aliphatic carbocycles. The highest BCUT2D eigenvalue weighted by Crippen LogP contribution is 2.21. The van der Waals surface area contributed by atoms with E-state index in [1.165, 1.54) is 0 Å². The van der Waals surface area contributed by atoms with Gasteiger partial charge in [0.15, 0.2) is 0 Å². The van der Waals surface area contributed by atoms with Crippen LogP contribution in [0.25, 0.3) is 0 Å². The molecule has 1 unspecified atom stereocenters. The fourth-order valence-corrected chi connectivity index (χ4v) is 2.50. The van der Waals surface area contributed by atoms with E-state index in [1.54, 1.807) is 11.1 Å². The number of carbonyl (C=O) groups excluding carboxylic acids is 1. The number of likely N-dealkylation sites (tertiary alicyclic amines) is 1. The summed E-state index contributed by atoms with van der Waals surface area (Å²) in [5.74, 6) is 0.606. The minimum absolute atomic E-state index is 0.0471. The van der Waals surface area contributed by atoms with Crippen molar-refractivity contribution in [2.45, 2.75) is 58.6 Å². The second-order valence-corrected chi connectivity index (χ2v) is 6.81. The van der Waals surface area contributed by atoms with E-state index >= 15 is 0 Å². The van der Waals surface area contributed by atoms with Gasteiger partial charge in [-0.1, -0.05) is 0 Å². The Bertz CT molecular complexity index is 511. The first-order valence-electron chi connectivity index (χ1n) is 7.90. The molecule has 0 radical (unpaired) electrons. The van der Waals surface area contributed by atoms with Gasteiger partial charge in [0, 0.05) is 18.8 Å². The highest BCUT2D eigenvalue weighted by molar-refractivity contribution is 5.68. The van der Waals surface area contributed by atoms with Crippen molar-refractivity contribution < 1.29 is 14.3 Å². The Kier molecular flexibility index (Phi) is 5.27. The minimum Gasteiger partial charge on any atom is -0.475 e. The van der Waals surface area contributed by atoms with Crippen LogP contribution in [0.2, 0.25) is 0 Å². The van der Waals surface area contributed by atoms with Gasteiger partial charge in [-0.05, 0) is 58.6 Å².